The molecule has 0 saturated heterocycles. The number of hydrogen-bond donors (Lipinski definition) is 0. The van der Waals surface area contributed by atoms with Crippen molar-refractivity contribution in [2.45, 2.75) is 18.4 Å². The highest BCUT2D eigenvalue weighted by atomic mass is 32.2. The summed E-state index contributed by atoms with van der Waals surface area (Å²) in [6, 6.07) is 10.3. The van der Waals surface area contributed by atoms with Crippen molar-refractivity contribution in [2.24, 2.45) is 0 Å². The molecule has 0 heterocycles. The third kappa shape index (κ3) is 4.86. The topological polar surface area (TPSA) is 57.7 Å². The number of sulfonamides is 1. The maximum atomic E-state index is 13.3. The Hall–Kier alpha value is -2.32. The predicted octanol–water partition coefficient (Wildman–Crippen LogP) is 2.63. The van der Waals surface area contributed by atoms with Crippen molar-refractivity contribution >= 4 is 15.9 Å². The van der Waals surface area contributed by atoms with Gasteiger partial charge in [0.05, 0.1) is 11.4 Å². The lowest BCUT2D eigenvalue weighted by Gasteiger charge is -2.24. The Kier molecular flexibility index (Phi) is 6.44. The van der Waals surface area contributed by atoms with Crippen LogP contribution in [0, 0.1) is 11.6 Å². The van der Waals surface area contributed by atoms with Crippen LogP contribution in [0.15, 0.2) is 53.4 Å². The smallest absolute Gasteiger partial charge is 0.243 e. The van der Waals surface area contributed by atoms with E-state index in [1.54, 1.807) is 19.1 Å². The SMILES string of the molecule is CCN(Cc1cccc(F)c1)C(=O)CN(C)S(=O)(=O)c1ccc(F)cc1. The first-order valence-electron chi connectivity index (χ1n) is 7.98. The fourth-order valence-corrected chi connectivity index (χ4v) is 3.51. The summed E-state index contributed by atoms with van der Waals surface area (Å²) in [4.78, 5) is 13.8. The van der Waals surface area contributed by atoms with Crippen molar-refractivity contribution < 1.29 is 22.0 Å². The van der Waals surface area contributed by atoms with E-state index >= 15 is 0 Å². The second kappa shape index (κ2) is 8.37. The predicted molar refractivity (Wildman–Crippen MR) is 93.7 cm³/mol. The van der Waals surface area contributed by atoms with Crippen LogP contribution < -0.4 is 0 Å². The third-order valence-corrected chi connectivity index (χ3v) is 5.69. The summed E-state index contributed by atoms with van der Waals surface area (Å²) >= 11 is 0. The van der Waals surface area contributed by atoms with Gasteiger partial charge < -0.3 is 4.90 Å². The molecule has 2 aromatic carbocycles. The first kappa shape index (κ1) is 20.0. The van der Waals surface area contributed by atoms with Gasteiger partial charge in [0.1, 0.15) is 11.6 Å². The molecule has 0 aliphatic heterocycles. The van der Waals surface area contributed by atoms with E-state index in [1.807, 2.05) is 0 Å². The van der Waals surface area contributed by atoms with Crippen LogP contribution in [0.3, 0.4) is 0 Å². The van der Waals surface area contributed by atoms with Gasteiger partial charge in [-0.25, -0.2) is 17.2 Å². The number of amides is 1. The zero-order chi connectivity index (χ0) is 19.3. The first-order chi connectivity index (χ1) is 12.2. The molecule has 0 fully saturated rings. The summed E-state index contributed by atoms with van der Waals surface area (Å²) in [5.41, 5.74) is 0.615. The molecule has 0 unspecified atom stereocenters. The van der Waals surface area contributed by atoms with Gasteiger partial charge in [-0.1, -0.05) is 12.1 Å². The molecule has 8 heteroatoms. The minimum absolute atomic E-state index is 0.0950. The van der Waals surface area contributed by atoms with Gasteiger partial charge in [0.15, 0.2) is 0 Å². The molecule has 0 bridgehead atoms. The van der Waals surface area contributed by atoms with Gasteiger partial charge in [-0.15, -0.1) is 0 Å². The number of halogens is 2. The summed E-state index contributed by atoms with van der Waals surface area (Å²) in [5.74, 6) is -1.36. The van der Waals surface area contributed by atoms with Gasteiger partial charge in [0.25, 0.3) is 0 Å². The second-order valence-corrected chi connectivity index (χ2v) is 7.80. The molecule has 0 radical (unpaired) electrons. The van der Waals surface area contributed by atoms with Gasteiger partial charge >= 0.3 is 0 Å². The molecule has 0 aliphatic rings. The van der Waals surface area contributed by atoms with Crippen molar-refractivity contribution in [1.82, 2.24) is 9.21 Å². The Balaban J connectivity index is 2.09. The maximum Gasteiger partial charge on any atom is 0.243 e. The van der Waals surface area contributed by atoms with E-state index in [9.17, 15) is 22.0 Å². The summed E-state index contributed by atoms with van der Waals surface area (Å²) in [6.07, 6.45) is 0. The number of benzene rings is 2. The van der Waals surface area contributed by atoms with Crippen LogP contribution in [0.5, 0.6) is 0 Å². The average Bonchev–Trinajstić information content (AvgIpc) is 2.60. The highest BCUT2D eigenvalue weighted by molar-refractivity contribution is 7.89. The van der Waals surface area contributed by atoms with Crippen molar-refractivity contribution in [3.05, 3.63) is 65.7 Å². The van der Waals surface area contributed by atoms with Gasteiger partial charge in [0.2, 0.25) is 15.9 Å². The average molecular weight is 382 g/mol. The molecule has 0 aliphatic carbocycles. The molecule has 5 nitrogen and oxygen atoms in total. The second-order valence-electron chi connectivity index (χ2n) is 5.75. The molecule has 2 aromatic rings. The lowest BCUT2D eigenvalue weighted by atomic mass is 10.2. The highest BCUT2D eigenvalue weighted by Gasteiger charge is 2.25. The molecule has 0 atom stereocenters. The molecule has 0 saturated carbocycles. The summed E-state index contributed by atoms with van der Waals surface area (Å²) < 4.78 is 52.1. The van der Waals surface area contributed by atoms with Crippen LogP contribution in [0.4, 0.5) is 8.78 Å². The molecule has 0 spiro atoms. The van der Waals surface area contributed by atoms with E-state index < -0.39 is 27.6 Å². The zero-order valence-electron chi connectivity index (χ0n) is 14.5. The number of nitrogens with zero attached hydrogens (tertiary/aromatic N) is 2. The normalized spacial score (nSPS) is 11.6. The minimum Gasteiger partial charge on any atom is -0.338 e. The Morgan fingerprint density at radius 1 is 1.04 bits per heavy atom. The van der Waals surface area contributed by atoms with Crippen LogP contribution in [0.25, 0.3) is 0 Å². The molecule has 0 aromatic heterocycles. The lowest BCUT2D eigenvalue weighted by Crippen LogP contribution is -2.40. The minimum atomic E-state index is -3.91. The fourth-order valence-electron chi connectivity index (χ4n) is 2.39. The number of rotatable bonds is 7. The molecule has 26 heavy (non-hydrogen) atoms. The molecular formula is C18H20F2N2O3S. The Labute approximate surface area is 151 Å². The number of carbonyl (C=O) groups is 1. The van der Waals surface area contributed by atoms with Crippen molar-refractivity contribution in [1.29, 1.82) is 0 Å². The van der Waals surface area contributed by atoms with Crippen molar-refractivity contribution in [3.63, 3.8) is 0 Å². The van der Waals surface area contributed by atoms with Gasteiger partial charge in [-0.3, -0.25) is 4.79 Å². The number of likely N-dealkylation sites (N-methyl/N-ethyl adjacent to an activating group) is 2. The Morgan fingerprint density at radius 3 is 2.27 bits per heavy atom. The molecule has 0 N–H and O–H groups in total. The third-order valence-electron chi connectivity index (χ3n) is 3.88. The summed E-state index contributed by atoms with van der Waals surface area (Å²) in [5, 5.41) is 0. The van der Waals surface area contributed by atoms with E-state index in [0.29, 0.717) is 12.1 Å². The van der Waals surface area contributed by atoms with E-state index in [1.165, 1.54) is 24.1 Å². The largest absolute Gasteiger partial charge is 0.338 e. The van der Waals surface area contributed by atoms with E-state index in [-0.39, 0.29) is 18.0 Å². The van der Waals surface area contributed by atoms with Crippen molar-refractivity contribution in [3.8, 4) is 0 Å². The number of hydrogen-bond acceptors (Lipinski definition) is 3. The highest BCUT2D eigenvalue weighted by Crippen LogP contribution is 2.15. The Bertz CT molecular complexity index is 870. The summed E-state index contributed by atoms with van der Waals surface area (Å²) in [7, 11) is -2.63. The van der Waals surface area contributed by atoms with Gasteiger partial charge in [-0.05, 0) is 48.9 Å². The van der Waals surface area contributed by atoms with Crippen LogP contribution >= 0.6 is 0 Å². The van der Waals surface area contributed by atoms with Crippen LogP contribution in [0.2, 0.25) is 0 Å². The Morgan fingerprint density at radius 2 is 1.69 bits per heavy atom. The summed E-state index contributed by atoms with van der Waals surface area (Å²) in [6.45, 7) is 1.91. The monoisotopic (exact) mass is 382 g/mol. The van der Waals surface area contributed by atoms with E-state index in [2.05, 4.69) is 0 Å². The molecular weight excluding hydrogens is 362 g/mol. The quantitative estimate of drug-likeness (QED) is 0.740. The molecule has 140 valence electrons. The van der Waals surface area contributed by atoms with Crippen LogP contribution in [-0.4, -0.2) is 43.7 Å². The van der Waals surface area contributed by atoms with Gasteiger partial charge in [0, 0.05) is 20.1 Å². The molecule has 2 rings (SSSR count). The van der Waals surface area contributed by atoms with Crippen molar-refractivity contribution in [2.75, 3.05) is 20.1 Å². The first-order valence-corrected chi connectivity index (χ1v) is 9.42. The van der Waals surface area contributed by atoms with Gasteiger partial charge in [-0.2, -0.15) is 4.31 Å². The standard InChI is InChI=1S/C18H20F2N2O3S/c1-3-22(12-14-5-4-6-16(20)11-14)18(23)13-21(2)26(24,25)17-9-7-15(19)8-10-17/h4-11H,3,12-13H2,1-2H3. The van der Waals surface area contributed by atoms with E-state index in [0.717, 1.165) is 28.6 Å². The lowest BCUT2D eigenvalue weighted by molar-refractivity contribution is -0.131. The maximum absolute atomic E-state index is 13.3. The van der Waals surface area contributed by atoms with E-state index in [4.69, 9.17) is 0 Å². The van der Waals surface area contributed by atoms with Crippen LogP contribution in [0.1, 0.15) is 12.5 Å². The zero-order valence-corrected chi connectivity index (χ0v) is 15.3. The van der Waals surface area contributed by atoms with Crippen LogP contribution in [-0.2, 0) is 21.4 Å². The fraction of sp³-hybridized carbons (Fsp3) is 0.278. The number of carbonyl (C=O) groups excluding carboxylic acids is 1. The molecule has 1 amide bonds.